The first-order valence-electron chi connectivity index (χ1n) is 7.09. The number of hydrogen-bond acceptors (Lipinski definition) is 2. The summed E-state index contributed by atoms with van der Waals surface area (Å²) in [5, 5.41) is 0. The fourth-order valence-corrected chi connectivity index (χ4v) is 3.68. The van der Waals surface area contributed by atoms with Crippen molar-refractivity contribution in [2.45, 2.75) is 52.1 Å². The summed E-state index contributed by atoms with van der Waals surface area (Å²) in [5.41, 5.74) is -0.729. The minimum Gasteiger partial charge on any atom is -0.485 e. The number of ether oxygens (including phenoxy) is 1. The highest BCUT2D eigenvalue weighted by molar-refractivity contribution is 5.97. The molecule has 1 aromatic rings. The van der Waals surface area contributed by atoms with Crippen molar-refractivity contribution in [1.29, 1.82) is 0 Å². The molecule has 0 radical (unpaired) electrons. The molecule has 114 valence electrons. The molecular weight excluding hydrogens is 281 g/mol. The van der Waals surface area contributed by atoms with Crippen LogP contribution in [0.3, 0.4) is 0 Å². The van der Waals surface area contributed by atoms with Crippen molar-refractivity contribution in [3.05, 3.63) is 28.6 Å². The number of carbonyl (C=O) groups excluding carboxylic acids is 1. The topological polar surface area (TPSA) is 26.3 Å². The molecule has 2 aliphatic carbocycles. The van der Waals surface area contributed by atoms with Gasteiger partial charge in [0.05, 0.1) is 6.10 Å². The SMILES string of the molecule is CC(C)Oc1c(F)c(F)c2c(c1F)C1CC2C(=O)C1(C)C. The van der Waals surface area contributed by atoms with Gasteiger partial charge in [-0.15, -0.1) is 0 Å². The van der Waals surface area contributed by atoms with Gasteiger partial charge >= 0.3 is 0 Å². The molecule has 1 saturated carbocycles. The van der Waals surface area contributed by atoms with Crippen molar-refractivity contribution < 1.29 is 22.7 Å². The van der Waals surface area contributed by atoms with E-state index in [0.717, 1.165) is 0 Å². The molecule has 0 aliphatic heterocycles. The second-order valence-electron chi connectivity index (χ2n) is 6.69. The lowest BCUT2D eigenvalue weighted by Crippen LogP contribution is -2.31. The van der Waals surface area contributed by atoms with Gasteiger partial charge in [0.15, 0.2) is 17.4 Å². The fourth-order valence-electron chi connectivity index (χ4n) is 3.68. The van der Waals surface area contributed by atoms with E-state index in [4.69, 9.17) is 4.74 Å². The van der Waals surface area contributed by atoms with Crippen LogP contribution in [0.4, 0.5) is 13.2 Å². The molecule has 5 heteroatoms. The number of hydrogen-bond donors (Lipinski definition) is 0. The summed E-state index contributed by atoms with van der Waals surface area (Å²) in [7, 11) is 0. The summed E-state index contributed by atoms with van der Waals surface area (Å²) in [6.45, 7) is 6.69. The third-order valence-corrected chi connectivity index (χ3v) is 4.70. The second kappa shape index (κ2) is 4.24. The lowest BCUT2D eigenvalue weighted by atomic mass is 9.72. The first-order chi connectivity index (χ1) is 9.67. The van der Waals surface area contributed by atoms with E-state index in [0.29, 0.717) is 6.42 Å². The lowest BCUT2D eigenvalue weighted by molar-refractivity contribution is -0.126. The van der Waals surface area contributed by atoms with Gasteiger partial charge in [-0.2, -0.15) is 4.39 Å². The van der Waals surface area contributed by atoms with Crippen LogP contribution >= 0.6 is 0 Å². The molecule has 2 aliphatic rings. The molecule has 2 atom stereocenters. The van der Waals surface area contributed by atoms with E-state index < -0.39 is 46.6 Å². The molecular formula is C16H17F3O2. The predicted octanol–water partition coefficient (Wildman–Crippen LogP) is 4.07. The average molecular weight is 298 g/mol. The Morgan fingerprint density at radius 1 is 1.10 bits per heavy atom. The number of fused-ring (bicyclic) bond motifs is 5. The number of benzene rings is 1. The van der Waals surface area contributed by atoms with Gasteiger partial charge in [-0.25, -0.2) is 8.78 Å². The summed E-state index contributed by atoms with van der Waals surface area (Å²) in [6.07, 6.45) is -0.126. The first kappa shape index (κ1) is 14.4. The Kier molecular flexibility index (Phi) is 2.91. The standard InChI is InChI=1S/C16H17F3O2/c1-6(2)21-14-12(18)10-8-5-7(15(20)16(8,3)4)9(10)11(17)13(14)19/h6-8H,5H2,1-4H3. The molecule has 0 N–H and O–H groups in total. The highest BCUT2D eigenvalue weighted by atomic mass is 19.2. The van der Waals surface area contributed by atoms with Crippen LogP contribution in [0.1, 0.15) is 57.1 Å². The summed E-state index contributed by atoms with van der Waals surface area (Å²) in [5.74, 6) is -5.30. The Labute approximate surface area is 121 Å². The van der Waals surface area contributed by atoms with Gasteiger partial charge in [0.25, 0.3) is 0 Å². The summed E-state index contributed by atoms with van der Waals surface area (Å²) >= 11 is 0. The van der Waals surface area contributed by atoms with Crippen molar-refractivity contribution in [2.24, 2.45) is 5.41 Å². The Hall–Kier alpha value is -1.52. The minimum absolute atomic E-state index is 0.101. The minimum atomic E-state index is -1.34. The van der Waals surface area contributed by atoms with Crippen molar-refractivity contribution in [3.8, 4) is 5.75 Å². The Morgan fingerprint density at radius 2 is 1.71 bits per heavy atom. The lowest BCUT2D eigenvalue weighted by Gasteiger charge is -2.31. The maximum Gasteiger partial charge on any atom is 0.204 e. The molecule has 0 aromatic heterocycles. The molecule has 1 aromatic carbocycles. The van der Waals surface area contributed by atoms with E-state index in [1.54, 1.807) is 27.7 Å². The summed E-state index contributed by atoms with van der Waals surface area (Å²) in [4.78, 5) is 12.2. The van der Waals surface area contributed by atoms with Crippen LogP contribution < -0.4 is 4.74 Å². The van der Waals surface area contributed by atoms with Crippen LogP contribution in [0.2, 0.25) is 0 Å². The summed E-state index contributed by atoms with van der Waals surface area (Å²) < 4.78 is 48.1. The zero-order valence-corrected chi connectivity index (χ0v) is 12.4. The molecule has 21 heavy (non-hydrogen) atoms. The molecule has 0 heterocycles. The van der Waals surface area contributed by atoms with E-state index in [9.17, 15) is 18.0 Å². The van der Waals surface area contributed by atoms with E-state index >= 15 is 0 Å². The van der Waals surface area contributed by atoms with Crippen LogP contribution in [-0.4, -0.2) is 11.9 Å². The zero-order chi connectivity index (χ0) is 15.7. The Morgan fingerprint density at radius 3 is 2.29 bits per heavy atom. The van der Waals surface area contributed by atoms with Gasteiger partial charge in [-0.05, 0) is 20.3 Å². The second-order valence-corrected chi connectivity index (χ2v) is 6.69. The molecule has 2 nitrogen and oxygen atoms in total. The maximum atomic E-state index is 14.7. The van der Waals surface area contributed by atoms with Crippen LogP contribution in [0.5, 0.6) is 5.75 Å². The number of rotatable bonds is 2. The molecule has 1 fully saturated rings. The van der Waals surface area contributed by atoms with Crippen molar-refractivity contribution in [3.63, 3.8) is 0 Å². The normalized spacial score (nSPS) is 25.6. The van der Waals surface area contributed by atoms with E-state index in [-0.39, 0.29) is 16.9 Å². The largest absolute Gasteiger partial charge is 0.485 e. The highest BCUT2D eigenvalue weighted by Crippen LogP contribution is 2.62. The molecule has 3 rings (SSSR count). The van der Waals surface area contributed by atoms with Crippen LogP contribution in [-0.2, 0) is 4.79 Å². The van der Waals surface area contributed by atoms with E-state index in [2.05, 4.69) is 0 Å². The van der Waals surface area contributed by atoms with Gasteiger partial charge in [0, 0.05) is 28.4 Å². The molecule has 0 saturated heterocycles. The monoisotopic (exact) mass is 298 g/mol. The van der Waals surface area contributed by atoms with Crippen LogP contribution in [0.15, 0.2) is 0 Å². The molecule has 0 spiro atoms. The van der Waals surface area contributed by atoms with Crippen LogP contribution in [0, 0.1) is 22.9 Å². The first-order valence-corrected chi connectivity index (χ1v) is 7.09. The third kappa shape index (κ3) is 1.69. The van der Waals surface area contributed by atoms with Gasteiger partial charge < -0.3 is 4.74 Å². The Bertz CT molecular complexity index is 650. The van der Waals surface area contributed by atoms with Gasteiger partial charge in [0.1, 0.15) is 5.78 Å². The molecule has 2 unspecified atom stereocenters. The Balaban J connectivity index is 2.26. The van der Waals surface area contributed by atoms with E-state index in [1.807, 2.05) is 0 Å². The van der Waals surface area contributed by atoms with Crippen molar-refractivity contribution in [2.75, 3.05) is 0 Å². The number of Topliss-reactive ketones (excluding diaryl/α,β-unsaturated/α-hetero) is 1. The number of halogens is 3. The fraction of sp³-hybridized carbons (Fsp3) is 0.562. The average Bonchev–Trinajstić information content (AvgIpc) is 2.89. The van der Waals surface area contributed by atoms with Crippen molar-refractivity contribution in [1.82, 2.24) is 0 Å². The van der Waals surface area contributed by atoms with Crippen molar-refractivity contribution >= 4 is 5.78 Å². The smallest absolute Gasteiger partial charge is 0.204 e. The highest BCUT2D eigenvalue weighted by Gasteiger charge is 2.58. The molecule has 2 bridgehead atoms. The van der Waals surface area contributed by atoms with Gasteiger partial charge in [-0.3, -0.25) is 4.79 Å². The summed E-state index contributed by atoms with van der Waals surface area (Å²) in [6, 6.07) is 0. The van der Waals surface area contributed by atoms with E-state index in [1.165, 1.54) is 0 Å². The zero-order valence-electron chi connectivity index (χ0n) is 12.4. The predicted molar refractivity (Wildman–Crippen MR) is 71.0 cm³/mol. The van der Waals surface area contributed by atoms with Gasteiger partial charge in [0.2, 0.25) is 5.82 Å². The molecule has 0 amide bonds. The number of carbonyl (C=O) groups is 1. The quantitative estimate of drug-likeness (QED) is 0.769. The number of ketones is 1. The van der Waals surface area contributed by atoms with Gasteiger partial charge in [-0.1, -0.05) is 13.8 Å². The maximum absolute atomic E-state index is 14.7. The third-order valence-electron chi connectivity index (χ3n) is 4.70. The van der Waals surface area contributed by atoms with Crippen LogP contribution in [0.25, 0.3) is 0 Å².